The van der Waals surface area contributed by atoms with E-state index in [1.54, 1.807) is 26.0 Å². The molecule has 6 heteroatoms. The highest BCUT2D eigenvalue weighted by Gasteiger charge is 2.14. The van der Waals surface area contributed by atoms with E-state index in [-0.39, 0.29) is 11.7 Å². The number of halogens is 2. The Morgan fingerprint density at radius 2 is 1.85 bits per heavy atom. The minimum Gasteiger partial charge on any atom is -0.434 e. The number of hydrogen-bond donors (Lipinski definition) is 2. The first kappa shape index (κ1) is 16.4. The van der Waals surface area contributed by atoms with E-state index >= 15 is 0 Å². The first-order valence-corrected chi connectivity index (χ1v) is 6.44. The summed E-state index contributed by atoms with van der Waals surface area (Å²) in [7, 11) is 1.84. The Morgan fingerprint density at radius 1 is 1.25 bits per heavy atom. The smallest absolute Gasteiger partial charge is 0.387 e. The summed E-state index contributed by atoms with van der Waals surface area (Å²) in [4.78, 5) is 11.9. The molecule has 112 valence electrons. The summed E-state index contributed by atoms with van der Waals surface area (Å²) < 4.78 is 29.0. The van der Waals surface area contributed by atoms with Gasteiger partial charge in [-0.3, -0.25) is 4.79 Å². The first-order chi connectivity index (χ1) is 9.45. The Labute approximate surface area is 117 Å². The van der Waals surface area contributed by atoms with Gasteiger partial charge in [0.2, 0.25) is 0 Å². The fourth-order valence-corrected chi connectivity index (χ4v) is 1.93. The molecule has 0 fully saturated rings. The molecule has 0 saturated heterocycles. The molecule has 0 heterocycles. The molecule has 0 bridgehead atoms. The van der Waals surface area contributed by atoms with Crippen molar-refractivity contribution < 1.29 is 18.3 Å². The van der Waals surface area contributed by atoms with Crippen molar-refractivity contribution in [2.24, 2.45) is 0 Å². The minimum atomic E-state index is -2.87. The van der Waals surface area contributed by atoms with Crippen molar-refractivity contribution >= 4 is 5.91 Å². The van der Waals surface area contributed by atoms with Crippen LogP contribution in [0, 0.1) is 13.8 Å². The maximum absolute atomic E-state index is 12.3. The van der Waals surface area contributed by atoms with Crippen LogP contribution in [-0.2, 0) is 0 Å². The van der Waals surface area contributed by atoms with Gasteiger partial charge < -0.3 is 15.4 Å². The topological polar surface area (TPSA) is 50.4 Å². The van der Waals surface area contributed by atoms with Crippen LogP contribution in [0.4, 0.5) is 8.78 Å². The maximum atomic E-state index is 12.3. The van der Waals surface area contributed by atoms with Gasteiger partial charge in [0.1, 0.15) is 5.75 Å². The molecule has 0 spiro atoms. The van der Waals surface area contributed by atoms with Crippen LogP contribution < -0.4 is 15.4 Å². The highest BCUT2D eigenvalue weighted by Crippen LogP contribution is 2.26. The molecule has 1 rings (SSSR count). The molecule has 1 amide bonds. The normalized spacial score (nSPS) is 10.7. The van der Waals surface area contributed by atoms with Crippen molar-refractivity contribution in [2.75, 3.05) is 20.1 Å². The molecule has 2 N–H and O–H groups in total. The zero-order chi connectivity index (χ0) is 15.1. The predicted octanol–water partition coefficient (Wildman–Crippen LogP) is 2.24. The van der Waals surface area contributed by atoms with E-state index in [0.717, 1.165) is 13.0 Å². The SMILES string of the molecule is CNCCCNC(=O)c1cc(C)c(OC(F)F)c(C)c1. The third kappa shape index (κ3) is 4.77. The molecule has 0 aromatic heterocycles. The van der Waals surface area contributed by atoms with Crippen LogP contribution in [0.2, 0.25) is 0 Å². The summed E-state index contributed by atoms with van der Waals surface area (Å²) in [6.45, 7) is 1.80. The van der Waals surface area contributed by atoms with Crippen molar-refractivity contribution in [1.82, 2.24) is 10.6 Å². The summed E-state index contributed by atoms with van der Waals surface area (Å²) in [5, 5.41) is 5.77. The number of alkyl halides is 2. The summed E-state index contributed by atoms with van der Waals surface area (Å²) in [6, 6.07) is 3.11. The maximum Gasteiger partial charge on any atom is 0.387 e. The molecule has 0 saturated carbocycles. The van der Waals surface area contributed by atoms with Gasteiger partial charge in [0.15, 0.2) is 0 Å². The zero-order valence-electron chi connectivity index (χ0n) is 11.9. The molecular formula is C14H20F2N2O2. The number of carbonyl (C=O) groups is 1. The minimum absolute atomic E-state index is 0.131. The van der Waals surface area contributed by atoms with Gasteiger partial charge in [0, 0.05) is 12.1 Å². The van der Waals surface area contributed by atoms with Gasteiger partial charge in [0.05, 0.1) is 0 Å². The van der Waals surface area contributed by atoms with E-state index in [1.165, 1.54) is 0 Å². The van der Waals surface area contributed by atoms with E-state index in [0.29, 0.717) is 23.2 Å². The number of benzene rings is 1. The molecule has 0 aliphatic heterocycles. The van der Waals surface area contributed by atoms with Crippen LogP contribution in [-0.4, -0.2) is 32.7 Å². The quantitative estimate of drug-likeness (QED) is 0.756. The molecule has 0 aliphatic carbocycles. The van der Waals surface area contributed by atoms with Crippen molar-refractivity contribution in [2.45, 2.75) is 26.9 Å². The zero-order valence-corrected chi connectivity index (χ0v) is 11.9. The number of hydrogen-bond acceptors (Lipinski definition) is 3. The largest absolute Gasteiger partial charge is 0.434 e. The van der Waals surface area contributed by atoms with E-state index in [2.05, 4.69) is 15.4 Å². The molecule has 20 heavy (non-hydrogen) atoms. The highest BCUT2D eigenvalue weighted by atomic mass is 19.3. The van der Waals surface area contributed by atoms with E-state index in [4.69, 9.17) is 0 Å². The third-order valence-electron chi connectivity index (χ3n) is 2.82. The van der Waals surface area contributed by atoms with Crippen molar-refractivity contribution in [1.29, 1.82) is 0 Å². The average Bonchev–Trinajstić information content (AvgIpc) is 2.38. The van der Waals surface area contributed by atoms with Crippen molar-refractivity contribution in [3.05, 3.63) is 28.8 Å². The van der Waals surface area contributed by atoms with Crippen LogP contribution in [0.5, 0.6) is 5.75 Å². The fraction of sp³-hybridized carbons (Fsp3) is 0.500. The summed E-state index contributed by atoms with van der Waals surface area (Å²) in [5.41, 5.74) is 1.49. The second kappa shape index (κ2) is 7.79. The van der Waals surface area contributed by atoms with Crippen LogP contribution in [0.1, 0.15) is 27.9 Å². The van der Waals surface area contributed by atoms with Gasteiger partial charge in [-0.2, -0.15) is 8.78 Å². The van der Waals surface area contributed by atoms with Gasteiger partial charge in [-0.25, -0.2) is 0 Å². The predicted molar refractivity (Wildman–Crippen MR) is 73.4 cm³/mol. The van der Waals surface area contributed by atoms with Crippen LogP contribution >= 0.6 is 0 Å². The first-order valence-electron chi connectivity index (χ1n) is 6.44. The summed E-state index contributed by atoms with van der Waals surface area (Å²) in [5.74, 6) is -0.0809. The number of amides is 1. The number of nitrogens with one attached hydrogen (secondary N) is 2. The lowest BCUT2D eigenvalue weighted by Gasteiger charge is -2.13. The molecule has 0 unspecified atom stereocenters. The van der Waals surface area contributed by atoms with E-state index in [9.17, 15) is 13.6 Å². The Hall–Kier alpha value is -1.69. The lowest BCUT2D eigenvalue weighted by molar-refractivity contribution is -0.0507. The van der Waals surface area contributed by atoms with Crippen molar-refractivity contribution in [3.8, 4) is 5.75 Å². The Morgan fingerprint density at radius 3 is 2.35 bits per heavy atom. The van der Waals surface area contributed by atoms with Gasteiger partial charge in [-0.15, -0.1) is 0 Å². The van der Waals surface area contributed by atoms with Crippen LogP contribution in [0.25, 0.3) is 0 Å². The number of carbonyl (C=O) groups excluding carboxylic acids is 1. The summed E-state index contributed by atoms with van der Waals surface area (Å²) >= 11 is 0. The van der Waals surface area contributed by atoms with Crippen LogP contribution in [0.15, 0.2) is 12.1 Å². The lowest BCUT2D eigenvalue weighted by Crippen LogP contribution is -2.26. The molecular weight excluding hydrogens is 266 g/mol. The molecule has 1 aromatic rings. The Bertz CT molecular complexity index is 441. The van der Waals surface area contributed by atoms with Gasteiger partial charge in [0.25, 0.3) is 5.91 Å². The molecule has 0 aliphatic rings. The number of ether oxygens (including phenoxy) is 1. The van der Waals surface area contributed by atoms with Gasteiger partial charge in [-0.1, -0.05) is 0 Å². The lowest BCUT2D eigenvalue weighted by atomic mass is 10.1. The number of rotatable bonds is 7. The van der Waals surface area contributed by atoms with Crippen LogP contribution in [0.3, 0.4) is 0 Å². The second-order valence-corrected chi connectivity index (χ2v) is 4.53. The van der Waals surface area contributed by atoms with Crippen molar-refractivity contribution in [3.63, 3.8) is 0 Å². The average molecular weight is 286 g/mol. The van der Waals surface area contributed by atoms with Gasteiger partial charge in [-0.05, 0) is 57.1 Å². The van der Waals surface area contributed by atoms with Gasteiger partial charge >= 0.3 is 6.61 Å². The standard InChI is InChI=1S/C14H20F2N2O2/c1-9-7-11(13(19)18-6-4-5-17-3)8-10(2)12(9)20-14(15)16/h7-8,14,17H,4-6H2,1-3H3,(H,18,19). The Kier molecular flexibility index (Phi) is 6.38. The highest BCUT2D eigenvalue weighted by molar-refractivity contribution is 5.94. The molecule has 0 radical (unpaired) electrons. The monoisotopic (exact) mass is 286 g/mol. The Balaban J connectivity index is 2.74. The van der Waals surface area contributed by atoms with E-state index < -0.39 is 6.61 Å². The molecule has 0 atom stereocenters. The number of aryl methyl sites for hydroxylation is 2. The third-order valence-corrected chi connectivity index (χ3v) is 2.82. The molecule has 1 aromatic carbocycles. The summed E-state index contributed by atoms with van der Waals surface area (Å²) in [6.07, 6.45) is 0.826. The molecule has 4 nitrogen and oxygen atoms in total. The fourth-order valence-electron chi connectivity index (χ4n) is 1.93. The van der Waals surface area contributed by atoms with E-state index in [1.807, 2.05) is 7.05 Å². The second-order valence-electron chi connectivity index (χ2n) is 4.53.